The van der Waals surface area contributed by atoms with E-state index < -0.39 is 32.3 Å². The van der Waals surface area contributed by atoms with Gasteiger partial charge in [0.05, 0.1) is 24.2 Å². The molecular weight excluding hydrogens is 653 g/mol. The topological polar surface area (TPSA) is 0 Å². The Labute approximate surface area is 304 Å². The molecule has 247 valence electrons. The molecule has 1 atom stereocenters. The Hall–Kier alpha value is -1.28. The molecule has 4 rings (SSSR count). The van der Waals surface area contributed by atoms with Crippen LogP contribution in [0.4, 0.5) is 0 Å². The predicted octanol–water partition coefficient (Wildman–Crippen LogP) is 8.48. The van der Waals surface area contributed by atoms with Crippen LogP contribution in [0.15, 0.2) is 71.3 Å². The first-order valence-corrected chi connectivity index (χ1v) is 28.7. The minimum absolute atomic E-state index is 0. The maximum atomic E-state index is 4.24. The normalized spacial score (nSPS) is 17.2. The van der Waals surface area contributed by atoms with Crippen LogP contribution in [0.25, 0.3) is 0 Å². The summed E-state index contributed by atoms with van der Waals surface area (Å²) in [7, 11) is -7.58. The van der Waals surface area contributed by atoms with Gasteiger partial charge in [0.25, 0.3) is 0 Å². The number of hydrogen-bond acceptors (Lipinski definition) is 0. The van der Waals surface area contributed by atoms with Crippen LogP contribution >= 0.6 is 0 Å². The molecule has 0 heterocycles. The summed E-state index contributed by atoms with van der Waals surface area (Å²) in [5.74, 6) is 0. The summed E-state index contributed by atoms with van der Waals surface area (Å²) in [6.45, 7) is 39.1. The summed E-state index contributed by atoms with van der Waals surface area (Å²) in [6, 6.07) is 23.2. The van der Waals surface area contributed by atoms with Crippen molar-refractivity contribution in [2.45, 2.75) is 112 Å². The van der Waals surface area contributed by atoms with Crippen molar-refractivity contribution in [3.63, 3.8) is 0 Å². The molecular formula is C41H63Si4Ti. The van der Waals surface area contributed by atoms with Gasteiger partial charge in [0.2, 0.25) is 0 Å². The summed E-state index contributed by atoms with van der Waals surface area (Å²) < 4.78 is 0. The fourth-order valence-electron chi connectivity index (χ4n) is 7.26. The zero-order chi connectivity index (χ0) is 32.5. The van der Waals surface area contributed by atoms with Gasteiger partial charge >= 0.3 is 21.7 Å². The summed E-state index contributed by atoms with van der Waals surface area (Å²) in [6.07, 6.45) is 4.24. The third-order valence-corrected chi connectivity index (χ3v) is 21.7. The quantitative estimate of drug-likeness (QED) is 0.131. The van der Waals surface area contributed by atoms with Crippen molar-refractivity contribution in [1.29, 1.82) is 0 Å². The first-order chi connectivity index (χ1) is 19.5. The molecule has 0 amide bonds. The van der Waals surface area contributed by atoms with Crippen LogP contribution < -0.4 is 31.1 Å². The van der Waals surface area contributed by atoms with Crippen molar-refractivity contribution in [2.75, 3.05) is 0 Å². The largest absolute Gasteiger partial charge is 3.00 e. The molecule has 0 fully saturated rings. The standard InChI is InChI=1S/C39H57Si4.2CH3.Ti/c1-27-17-33(40(8,9)10)23-36(20-27)43(39(7)26-30(4)31(5)32(39)6,37-21-28(2)18-34(24-37)41(11,12)13)38-22-29(3)19-35(25-38)42(14,15)16;;;/h17-25H,1-16H3;2*1H3;/q3*-1;+3. The molecule has 46 heavy (non-hydrogen) atoms. The Kier molecular flexibility index (Phi) is 13.3. The molecule has 0 nitrogen and oxygen atoms in total. The van der Waals surface area contributed by atoms with Crippen LogP contribution in [-0.4, -0.2) is 32.3 Å². The number of aryl methyl sites for hydroxylation is 3. The maximum absolute atomic E-state index is 4.24. The van der Waals surface area contributed by atoms with Gasteiger partial charge in [0.15, 0.2) is 0 Å². The molecule has 0 aliphatic heterocycles. The molecule has 0 saturated carbocycles. The fourth-order valence-corrected chi connectivity index (χ4v) is 17.7. The molecule has 1 unspecified atom stereocenters. The van der Waals surface area contributed by atoms with E-state index in [9.17, 15) is 0 Å². The van der Waals surface area contributed by atoms with Crippen LogP contribution in [0.1, 0.15) is 44.4 Å². The van der Waals surface area contributed by atoms with E-state index in [0.717, 1.165) is 0 Å². The zero-order valence-electron chi connectivity index (χ0n) is 32.7. The third-order valence-electron chi connectivity index (χ3n) is 10.2. The Morgan fingerprint density at radius 3 is 0.935 bits per heavy atom. The van der Waals surface area contributed by atoms with Crippen LogP contribution in [-0.2, 0) is 21.7 Å². The van der Waals surface area contributed by atoms with Gasteiger partial charge in [-0.25, -0.2) is 5.57 Å². The Balaban J connectivity index is 0.00000353. The van der Waals surface area contributed by atoms with E-state index in [1.54, 1.807) is 31.1 Å². The molecule has 5 heteroatoms. The second kappa shape index (κ2) is 14.3. The molecule has 1 aliphatic rings. The van der Waals surface area contributed by atoms with Gasteiger partial charge in [0.1, 0.15) is 8.07 Å². The van der Waals surface area contributed by atoms with E-state index in [4.69, 9.17) is 0 Å². The Bertz CT molecular complexity index is 1490. The van der Waals surface area contributed by atoms with E-state index in [1.807, 2.05) is 0 Å². The average molecular weight is 716 g/mol. The second-order valence-corrected chi connectivity index (χ2v) is 36.4. The summed E-state index contributed by atoms with van der Waals surface area (Å²) in [5, 5.41) is 9.15. The molecule has 0 N–H and O–H groups in total. The molecule has 3 aromatic carbocycles. The van der Waals surface area contributed by atoms with E-state index >= 15 is 0 Å². The van der Waals surface area contributed by atoms with Gasteiger partial charge in [-0.2, -0.15) is 11.1 Å². The minimum Gasteiger partial charge on any atom is -0.358 e. The second-order valence-electron chi connectivity index (χ2n) is 16.9. The SMILES string of the molecule is CC1=[C-]C(C)([Si](c2cc(C)cc([Si](C)(C)C)c2)(c2cc(C)cc([Si](C)(C)C)c2)c2cc(C)cc([Si](C)(C)C)c2)C(C)=C1C.[CH3-].[CH3-].[Ti+3]. The molecule has 0 saturated heterocycles. The summed E-state index contributed by atoms with van der Waals surface area (Å²) in [4.78, 5) is 0. The molecule has 3 aromatic rings. The number of rotatable bonds is 7. The third kappa shape index (κ3) is 7.63. The van der Waals surface area contributed by atoms with Crippen molar-refractivity contribution in [1.82, 2.24) is 0 Å². The zero-order valence-corrected chi connectivity index (χ0v) is 38.3. The Morgan fingerprint density at radius 2 is 0.717 bits per heavy atom. The summed E-state index contributed by atoms with van der Waals surface area (Å²) >= 11 is 0. The number of benzene rings is 3. The molecule has 0 spiro atoms. The summed E-state index contributed by atoms with van der Waals surface area (Å²) in [5.41, 5.74) is 8.43. The van der Waals surface area contributed by atoms with E-state index in [0.29, 0.717) is 0 Å². The molecule has 0 bridgehead atoms. The van der Waals surface area contributed by atoms with Crippen LogP contribution in [0, 0.1) is 41.7 Å². The van der Waals surface area contributed by atoms with Gasteiger partial charge in [-0.1, -0.05) is 172 Å². The monoisotopic (exact) mass is 715 g/mol. The molecule has 1 aliphatic carbocycles. The van der Waals surface area contributed by atoms with Crippen molar-refractivity contribution in [2.24, 2.45) is 0 Å². The van der Waals surface area contributed by atoms with E-state index in [2.05, 4.69) is 168 Å². The smallest absolute Gasteiger partial charge is 0.358 e. The van der Waals surface area contributed by atoms with Crippen molar-refractivity contribution >= 4 is 63.4 Å². The van der Waals surface area contributed by atoms with Crippen LogP contribution in [0.5, 0.6) is 0 Å². The van der Waals surface area contributed by atoms with Crippen molar-refractivity contribution in [3.8, 4) is 0 Å². The Morgan fingerprint density at radius 1 is 0.457 bits per heavy atom. The average Bonchev–Trinajstić information content (AvgIpc) is 3.05. The van der Waals surface area contributed by atoms with Gasteiger partial charge in [-0.05, 0) is 36.3 Å². The van der Waals surface area contributed by atoms with Crippen LogP contribution in [0.2, 0.25) is 64.0 Å². The first-order valence-electron chi connectivity index (χ1n) is 16.2. The van der Waals surface area contributed by atoms with Gasteiger partial charge in [0, 0.05) is 0 Å². The minimum atomic E-state index is -2.81. The van der Waals surface area contributed by atoms with Crippen molar-refractivity contribution < 1.29 is 21.7 Å². The van der Waals surface area contributed by atoms with Crippen LogP contribution in [0.3, 0.4) is 0 Å². The van der Waals surface area contributed by atoms with Gasteiger partial charge in [-0.3, -0.25) is 6.08 Å². The molecule has 0 aromatic heterocycles. The van der Waals surface area contributed by atoms with Crippen molar-refractivity contribution in [3.05, 3.63) is 109 Å². The fraction of sp³-hybridized carbons (Fsp3) is 0.415. The molecule has 1 radical (unpaired) electrons. The number of allylic oxidation sites excluding steroid dienone is 4. The van der Waals surface area contributed by atoms with Gasteiger partial charge in [-0.15, -0.1) is 6.92 Å². The first kappa shape index (κ1) is 42.7. The van der Waals surface area contributed by atoms with Gasteiger partial charge < -0.3 is 14.9 Å². The predicted molar refractivity (Wildman–Crippen MR) is 219 cm³/mol. The maximum Gasteiger partial charge on any atom is 3.00 e. The van der Waals surface area contributed by atoms with E-state index in [-0.39, 0.29) is 41.6 Å². The number of hydrogen-bond donors (Lipinski definition) is 0. The van der Waals surface area contributed by atoms with E-state index in [1.165, 1.54) is 33.4 Å².